The normalized spacial score (nSPS) is 10.7. The van der Waals surface area contributed by atoms with Gasteiger partial charge in [-0.2, -0.15) is 5.10 Å². The van der Waals surface area contributed by atoms with E-state index in [1.54, 1.807) is 49.5 Å². The van der Waals surface area contributed by atoms with Crippen LogP contribution in [0.25, 0.3) is 11.0 Å². The van der Waals surface area contributed by atoms with Crippen molar-refractivity contribution in [2.75, 3.05) is 26.1 Å². The highest BCUT2D eigenvalue weighted by molar-refractivity contribution is 6.06. The first kappa shape index (κ1) is 21.1. The van der Waals surface area contributed by atoms with Gasteiger partial charge in [-0.05, 0) is 37.3 Å². The third-order valence-electron chi connectivity index (χ3n) is 4.85. The molecule has 0 unspecified atom stereocenters. The Hall–Kier alpha value is -4.14. The van der Waals surface area contributed by atoms with Crippen LogP contribution < -0.4 is 19.5 Å². The number of rotatable bonds is 8. The van der Waals surface area contributed by atoms with E-state index in [4.69, 9.17) is 14.2 Å². The zero-order chi connectivity index (χ0) is 22.5. The van der Waals surface area contributed by atoms with Crippen molar-refractivity contribution >= 4 is 22.6 Å². The standard InChI is InChI=1S/C23H23N5O4/c1-4-32-23-19(6-5-9-24-23)27-22(29)17-10-16-13-26-28(21(16)25-12-17)14-15-7-8-18(30-2)11-20(15)31-3/h5-13H,4,14H2,1-3H3,(H,27,29). The minimum Gasteiger partial charge on any atom is -0.497 e. The number of carbonyl (C=O) groups excluding carboxylic acids is 1. The molecule has 0 radical (unpaired) electrons. The lowest BCUT2D eigenvalue weighted by molar-refractivity contribution is 0.102. The number of fused-ring (bicyclic) bond motifs is 1. The number of anilines is 1. The fourth-order valence-electron chi connectivity index (χ4n) is 3.29. The van der Waals surface area contributed by atoms with Crippen LogP contribution in [0, 0.1) is 0 Å². The maximum Gasteiger partial charge on any atom is 0.257 e. The summed E-state index contributed by atoms with van der Waals surface area (Å²) in [6.07, 6.45) is 4.82. The lowest BCUT2D eigenvalue weighted by Gasteiger charge is -2.11. The number of nitrogens with one attached hydrogen (secondary N) is 1. The second-order valence-corrected chi connectivity index (χ2v) is 6.86. The van der Waals surface area contributed by atoms with Crippen LogP contribution in [-0.2, 0) is 6.54 Å². The van der Waals surface area contributed by atoms with Crippen molar-refractivity contribution in [2.45, 2.75) is 13.5 Å². The Bertz CT molecular complexity index is 1250. The van der Waals surface area contributed by atoms with E-state index >= 15 is 0 Å². The number of pyridine rings is 2. The van der Waals surface area contributed by atoms with Crippen LogP contribution >= 0.6 is 0 Å². The maximum atomic E-state index is 12.8. The van der Waals surface area contributed by atoms with E-state index < -0.39 is 0 Å². The third kappa shape index (κ3) is 4.31. The number of aromatic nitrogens is 4. The lowest BCUT2D eigenvalue weighted by atomic mass is 10.2. The van der Waals surface area contributed by atoms with Crippen LogP contribution in [0.5, 0.6) is 17.4 Å². The molecule has 0 fully saturated rings. The van der Waals surface area contributed by atoms with E-state index in [0.29, 0.717) is 47.4 Å². The monoisotopic (exact) mass is 433 g/mol. The maximum absolute atomic E-state index is 12.8. The summed E-state index contributed by atoms with van der Waals surface area (Å²) >= 11 is 0. The number of benzene rings is 1. The second kappa shape index (κ2) is 9.34. The number of ether oxygens (including phenoxy) is 3. The Kier molecular flexibility index (Phi) is 6.16. The Balaban J connectivity index is 1.56. The van der Waals surface area contributed by atoms with Crippen LogP contribution in [0.15, 0.2) is 55.0 Å². The second-order valence-electron chi connectivity index (χ2n) is 6.86. The molecule has 0 aliphatic rings. The van der Waals surface area contributed by atoms with Gasteiger partial charge < -0.3 is 19.5 Å². The molecule has 0 aliphatic heterocycles. The summed E-state index contributed by atoms with van der Waals surface area (Å²) < 4.78 is 17.9. The zero-order valence-electron chi connectivity index (χ0n) is 18.0. The van der Waals surface area contributed by atoms with Crippen LogP contribution in [-0.4, -0.2) is 46.5 Å². The molecule has 1 amide bonds. The molecule has 4 rings (SSSR count). The van der Waals surface area contributed by atoms with Gasteiger partial charge >= 0.3 is 0 Å². The Labute approximate surface area is 185 Å². The first-order valence-corrected chi connectivity index (χ1v) is 10.0. The minimum atomic E-state index is -0.307. The highest BCUT2D eigenvalue weighted by atomic mass is 16.5. The molecule has 4 aromatic rings. The molecule has 9 nitrogen and oxygen atoms in total. The van der Waals surface area contributed by atoms with Crippen molar-refractivity contribution in [3.8, 4) is 17.4 Å². The average Bonchev–Trinajstić information content (AvgIpc) is 3.22. The van der Waals surface area contributed by atoms with Gasteiger partial charge in [-0.1, -0.05) is 0 Å². The molecular formula is C23H23N5O4. The SMILES string of the molecule is CCOc1ncccc1NC(=O)c1cnc2c(cnn2Cc2ccc(OC)cc2OC)c1. The minimum absolute atomic E-state index is 0.307. The summed E-state index contributed by atoms with van der Waals surface area (Å²) in [7, 11) is 3.22. The summed E-state index contributed by atoms with van der Waals surface area (Å²) in [6.45, 7) is 2.77. The number of carbonyl (C=O) groups is 1. The smallest absolute Gasteiger partial charge is 0.257 e. The molecule has 0 saturated heterocycles. The molecule has 0 saturated carbocycles. The molecule has 3 aromatic heterocycles. The molecule has 3 heterocycles. The van der Waals surface area contributed by atoms with E-state index in [2.05, 4.69) is 20.4 Å². The largest absolute Gasteiger partial charge is 0.497 e. The van der Waals surface area contributed by atoms with Gasteiger partial charge in [0.2, 0.25) is 5.88 Å². The van der Waals surface area contributed by atoms with Gasteiger partial charge in [-0.3, -0.25) is 4.79 Å². The highest BCUT2D eigenvalue weighted by Gasteiger charge is 2.14. The van der Waals surface area contributed by atoms with Crippen molar-refractivity contribution in [3.05, 3.63) is 66.1 Å². The predicted molar refractivity (Wildman–Crippen MR) is 120 cm³/mol. The fraction of sp³-hybridized carbons (Fsp3) is 0.217. The number of hydrogen-bond donors (Lipinski definition) is 1. The molecule has 9 heteroatoms. The summed E-state index contributed by atoms with van der Waals surface area (Å²) in [5, 5.41) is 8.02. The molecule has 0 bridgehead atoms. The third-order valence-corrected chi connectivity index (χ3v) is 4.85. The van der Waals surface area contributed by atoms with Crippen molar-refractivity contribution in [1.29, 1.82) is 0 Å². The van der Waals surface area contributed by atoms with Gasteiger partial charge in [0.15, 0.2) is 5.65 Å². The highest BCUT2D eigenvalue weighted by Crippen LogP contribution is 2.26. The molecule has 1 aromatic carbocycles. The molecule has 0 aliphatic carbocycles. The van der Waals surface area contributed by atoms with E-state index in [1.807, 2.05) is 25.1 Å². The quantitative estimate of drug-likeness (QED) is 0.454. The number of hydrogen-bond acceptors (Lipinski definition) is 7. The predicted octanol–water partition coefficient (Wildman–Crippen LogP) is 3.54. The Morgan fingerprint density at radius 1 is 1.09 bits per heavy atom. The molecule has 1 N–H and O–H groups in total. The van der Waals surface area contributed by atoms with E-state index in [-0.39, 0.29) is 5.91 Å². The number of nitrogens with zero attached hydrogens (tertiary/aromatic N) is 4. The summed E-state index contributed by atoms with van der Waals surface area (Å²) in [6, 6.07) is 10.8. The molecular weight excluding hydrogens is 410 g/mol. The molecule has 0 atom stereocenters. The van der Waals surface area contributed by atoms with Crippen LogP contribution in [0.4, 0.5) is 5.69 Å². The number of methoxy groups -OCH3 is 2. The lowest BCUT2D eigenvalue weighted by Crippen LogP contribution is -2.14. The van der Waals surface area contributed by atoms with Crippen molar-refractivity contribution in [2.24, 2.45) is 0 Å². The Morgan fingerprint density at radius 2 is 1.97 bits per heavy atom. The van der Waals surface area contributed by atoms with Gasteiger partial charge in [0.25, 0.3) is 5.91 Å². The first-order chi connectivity index (χ1) is 15.6. The first-order valence-electron chi connectivity index (χ1n) is 10.0. The van der Waals surface area contributed by atoms with Crippen LogP contribution in [0.2, 0.25) is 0 Å². The van der Waals surface area contributed by atoms with E-state index in [9.17, 15) is 4.79 Å². The zero-order valence-corrected chi connectivity index (χ0v) is 18.0. The van der Waals surface area contributed by atoms with Crippen LogP contribution in [0.1, 0.15) is 22.8 Å². The van der Waals surface area contributed by atoms with Gasteiger partial charge in [0, 0.05) is 29.4 Å². The van der Waals surface area contributed by atoms with E-state index in [0.717, 1.165) is 10.9 Å². The topological polar surface area (TPSA) is 100 Å². The van der Waals surface area contributed by atoms with Crippen molar-refractivity contribution in [1.82, 2.24) is 19.7 Å². The molecule has 164 valence electrons. The van der Waals surface area contributed by atoms with Crippen molar-refractivity contribution < 1.29 is 19.0 Å². The van der Waals surface area contributed by atoms with Gasteiger partial charge in [0.1, 0.15) is 17.2 Å². The Morgan fingerprint density at radius 3 is 2.75 bits per heavy atom. The van der Waals surface area contributed by atoms with Crippen LogP contribution in [0.3, 0.4) is 0 Å². The van der Waals surface area contributed by atoms with Gasteiger partial charge in [-0.15, -0.1) is 0 Å². The molecule has 32 heavy (non-hydrogen) atoms. The van der Waals surface area contributed by atoms with Gasteiger partial charge in [-0.25, -0.2) is 14.6 Å². The average molecular weight is 433 g/mol. The van der Waals surface area contributed by atoms with Crippen molar-refractivity contribution in [3.63, 3.8) is 0 Å². The molecule has 0 spiro atoms. The van der Waals surface area contributed by atoms with Gasteiger partial charge in [0.05, 0.1) is 39.1 Å². The number of amides is 1. The fourth-order valence-corrected chi connectivity index (χ4v) is 3.29. The summed E-state index contributed by atoms with van der Waals surface area (Å²) in [5.74, 6) is 1.48. The summed E-state index contributed by atoms with van der Waals surface area (Å²) in [5.41, 5.74) is 2.50. The van der Waals surface area contributed by atoms with E-state index in [1.165, 1.54) is 6.20 Å². The summed E-state index contributed by atoms with van der Waals surface area (Å²) in [4.78, 5) is 21.4.